The molecule has 0 saturated carbocycles. The molecule has 1 N–H and O–H groups in total. The van der Waals surface area contributed by atoms with Crippen molar-refractivity contribution in [2.24, 2.45) is 0 Å². The molecule has 56 valence electrons. The third-order valence-corrected chi connectivity index (χ3v) is 1.31. The van der Waals surface area contributed by atoms with Crippen LogP contribution in [0.3, 0.4) is 0 Å². The molecule has 0 heterocycles. The van der Waals surface area contributed by atoms with Crippen molar-refractivity contribution < 1.29 is 4.84 Å². The standard InChI is InChI=1S/C7H17NO/c1-4-7(5-2)9-8-6-3/h7-8H,4-6H2,1-3H3. The first-order valence-electron chi connectivity index (χ1n) is 3.73. The molecule has 0 aliphatic rings. The summed E-state index contributed by atoms with van der Waals surface area (Å²) in [7, 11) is 0. The van der Waals surface area contributed by atoms with Crippen LogP contribution in [0, 0.1) is 0 Å². The van der Waals surface area contributed by atoms with Crippen LogP contribution in [0.1, 0.15) is 33.6 Å². The largest absolute Gasteiger partial charge is 0.299 e. The smallest absolute Gasteiger partial charge is 0.0785 e. The van der Waals surface area contributed by atoms with Crippen molar-refractivity contribution in [2.45, 2.75) is 39.7 Å². The summed E-state index contributed by atoms with van der Waals surface area (Å²) in [6, 6.07) is 0. The van der Waals surface area contributed by atoms with Gasteiger partial charge in [-0.15, -0.1) is 0 Å². The lowest BCUT2D eigenvalue weighted by molar-refractivity contribution is -0.0255. The van der Waals surface area contributed by atoms with E-state index in [-0.39, 0.29) is 0 Å². The van der Waals surface area contributed by atoms with Crippen LogP contribution in [0.25, 0.3) is 0 Å². The van der Waals surface area contributed by atoms with Crippen LogP contribution in [0.2, 0.25) is 0 Å². The van der Waals surface area contributed by atoms with E-state index in [0.29, 0.717) is 6.10 Å². The molecule has 0 rings (SSSR count). The van der Waals surface area contributed by atoms with Gasteiger partial charge in [0, 0.05) is 6.54 Å². The van der Waals surface area contributed by atoms with Crippen molar-refractivity contribution in [1.29, 1.82) is 0 Å². The maximum Gasteiger partial charge on any atom is 0.0785 e. The van der Waals surface area contributed by atoms with E-state index in [1.165, 1.54) is 0 Å². The van der Waals surface area contributed by atoms with Crippen molar-refractivity contribution in [3.63, 3.8) is 0 Å². The van der Waals surface area contributed by atoms with E-state index in [0.717, 1.165) is 19.4 Å². The second-order valence-electron chi connectivity index (χ2n) is 2.05. The van der Waals surface area contributed by atoms with E-state index in [2.05, 4.69) is 19.3 Å². The van der Waals surface area contributed by atoms with Crippen LogP contribution < -0.4 is 5.48 Å². The average Bonchev–Trinajstić information content (AvgIpc) is 1.91. The van der Waals surface area contributed by atoms with Crippen molar-refractivity contribution in [3.05, 3.63) is 0 Å². The van der Waals surface area contributed by atoms with E-state index < -0.39 is 0 Å². The predicted molar refractivity (Wildman–Crippen MR) is 39.1 cm³/mol. The Balaban J connectivity index is 3.09. The van der Waals surface area contributed by atoms with Gasteiger partial charge in [-0.2, -0.15) is 0 Å². The van der Waals surface area contributed by atoms with Crippen molar-refractivity contribution in [2.75, 3.05) is 6.54 Å². The van der Waals surface area contributed by atoms with Gasteiger partial charge in [-0.05, 0) is 12.8 Å². The van der Waals surface area contributed by atoms with Crippen molar-refractivity contribution in [1.82, 2.24) is 5.48 Å². The summed E-state index contributed by atoms with van der Waals surface area (Å²) in [5.74, 6) is 0. The Kier molecular flexibility index (Phi) is 5.99. The topological polar surface area (TPSA) is 21.3 Å². The van der Waals surface area contributed by atoms with Gasteiger partial charge in [-0.3, -0.25) is 4.84 Å². The highest BCUT2D eigenvalue weighted by Gasteiger charge is 2.00. The maximum absolute atomic E-state index is 5.24. The first-order chi connectivity index (χ1) is 4.35. The molecule has 0 amide bonds. The zero-order valence-electron chi connectivity index (χ0n) is 6.61. The fraction of sp³-hybridized carbons (Fsp3) is 1.00. The number of hydrogen-bond acceptors (Lipinski definition) is 2. The van der Waals surface area contributed by atoms with Crippen LogP contribution in [0.4, 0.5) is 0 Å². The van der Waals surface area contributed by atoms with E-state index in [1.807, 2.05) is 6.92 Å². The van der Waals surface area contributed by atoms with Gasteiger partial charge >= 0.3 is 0 Å². The summed E-state index contributed by atoms with van der Waals surface area (Å²) in [6.07, 6.45) is 2.57. The summed E-state index contributed by atoms with van der Waals surface area (Å²) in [4.78, 5) is 5.24. The second-order valence-corrected chi connectivity index (χ2v) is 2.05. The van der Waals surface area contributed by atoms with Crippen LogP contribution >= 0.6 is 0 Å². The molecule has 0 spiro atoms. The summed E-state index contributed by atoms with van der Waals surface area (Å²) in [5.41, 5.74) is 2.85. The molecular weight excluding hydrogens is 114 g/mol. The third-order valence-electron chi connectivity index (χ3n) is 1.31. The first kappa shape index (κ1) is 8.92. The number of rotatable bonds is 5. The lowest BCUT2D eigenvalue weighted by atomic mass is 10.2. The summed E-state index contributed by atoms with van der Waals surface area (Å²) in [5, 5.41) is 0. The molecule has 0 aliphatic carbocycles. The lowest BCUT2D eigenvalue weighted by Crippen LogP contribution is -2.22. The molecule has 0 aromatic rings. The Morgan fingerprint density at radius 3 is 2.11 bits per heavy atom. The SMILES string of the molecule is CCNOC(CC)CC. The van der Waals surface area contributed by atoms with Gasteiger partial charge in [0.1, 0.15) is 0 Å². The molecule has 9 heavy (non-hydrogen) atoms. The van der Waals surface area contributed by atoms with Gasteiger partial charge in [0.15, 0.2) is 0 Å². The van der Waals surface area contributed by atoms with Gasteiger partial charge in [-0.25, -0.2) is 5.48 Å². The minimum atomic E-state index is 0.393. The Morgan fingerprint density at radius 2 is 1.78 bits per heavy atom. The van der Waals surface area contributed by atoms with E-state index in [4.69, 9.17) is 4.84 Å². The Labute approximate surface area is 57.5 Å². The van der Waals surface area contributed by atoms with Gasteiger partial charge in [0.25, 0.3) is 0 Å². The Morgan fingerprint density at radius 1 is 1.22 bits per heavy atom. The van der Waals surface area contributed by atoms with E-state index >= 15 is 0 Å². The molecule has 0 bridgehead atoms. The monoisotopic (exact) mass is 131 g/mol. The molecule has 0 aromatic heterocycles. The van der Waals surface area contributed by atoms with Crippen LogP contribution in [-0.4, -0.2) is 12.6 Å². The van der Waals surface area contributed by atoms with E-state index in [9.17, 15) is 0 Å². The first-order valence-corrected chi connectivity index (χ1v) is 3.73. The molecular formula is C7H17NO. The van der Waals surface area contributed by atoms with Crippen molar-refractivity contribution >= 4 is 0 Å². The minimum Gasteiger partial charge on any atom is -0.299 e. The maximum atomic E-state index is 5.24. The molecule has 0 atom stereocenters. The van der Waals surface area contributed by atoms with Crippen LogP contribution in [-0.2, 0) is 4.84 Å². The minimum absolute atomic E-state index is 0.393. The highest BCUT2D eigenvalue weighted by atomic mass is 16.7. The highest BCUT2D eigenvalue weighted by Crippen LogP contribution is 1.98. The normalized spacial score (nSPS) is 10.7. The number of hydroxylamine groups is 1. The Hall–Kier alpha value is -0.0800. The average molecular weight is 131 g/mol. The highest BCUT2D eigenvalue weighted by molar-refractivity contribution is 4.47. The molecule has 0 aliphatic heterocycles. The molecule has 0 radical (unpaired) electrons. The predicted octanol–water partition coefficient (Wildman–Crippen LogP) is 1.72. The molecule has 0 fully saturated rings. The number of hydrogen-bond donors (Lipinski definition) is 1. The van der Waals surface area contributed by atoms with Gasteiger partial charge in [0.05, 0.1) is 6.10 Å². The van der Waals surface area contributed by atoms with Crippen LogP contribution in [0.15, 0.2) is 0 Å². The van der Waals surface area contributed by atoms with E-state index in [1.54, 1.807) is 0 Å². The van der Waals surface area contributed by atoms with Gasteiger partial charge in [0.2, 0.25) is 0 Å². The molecule has 2 nitrogen and oxygen atoms in total. The Bertz CT molecular complexity index is 52.9. The van der Waals surface area contributed by atoms with Crippen molar-refractivity contribution in [3.8, 4) is 0 Å². The fourth-order valence-electron chi connectivity index (χ4n) is 0.657. The molecule has 0 aromatic carbocycles. The zero-order chi connectivity index (χ0) is 7.11. The summed E-state index contributed by atoms with van der Waals surface area (Å²) >= 11 is 0. The molecule has 0 unspecified atom stereocenters. The third kappa shape index (κ3) is 4.43. The van der Waals surface area contributed by atoms with Crippen LogP contribution in [0.5, 0.6) is 0 Å². The zero-order valence-corrected chi connectivity index (χ0v) is 6.61. The van der Waals surface area contributed by atoms with Gasteiger partial charge in [-0.1, -0.05) is 20.8 Å². The summed E-state index contributed by atoms with van der Waals surface area (Å²) in [6.45, 7) is 7.18. The fourth-order valence-corrected chi connectivity index (χ4v) is 0.657. The lowest BCUT2D eigenvalue weighted by Gasteiger charge is -2.12. The summed E-state index contributed by atoms with van der Waals surface area (Å²) < 4.78 is 0. The quantitative estimate of drug-likeness (QED) is 0.573. The molecule has 0 saturated heterocycles. The number of nitrogens with one attached hydrogen (secondary N) is 1. The van der Waals surface area contributed by atoms with Gasteiger partial charge < -0.3 is 0 Å². The molecule has 2 heteroatoms. The second kappa shape index (κ2) is 6.05.